The lowest BCUT2D eigenvalue weighted by molar-refractivity contribution is 0.0702. The Kier molecular flexibility index (Phi) is 4.15. The van der Waals surface area contributed by atoms with Crippen LogP contribution in [0.1, 0.15) is 17.3 Å². The van der Waals surface area contributed by atoms with Gasteiger partial charge in [0.05, 0.1) is 11.5 Å². The first kappa shape index (κ1) is 15.4. The van der Waals surface area contributed by atoms with Gasteiger partial charge in [-0.2, -0.15) is 0 Å². The predicted molar refractivity (Wildman–Crippen MR) is 73.2 cm³/mol. The Morgan fingerprint density at radius 3 is 2.40 bits per heavy atom. The number of halogens is 3. The number of hydrogen-bond donors (Lipinski definition) is 0. The second-order valence-electron chi connectivity index (χ2n) is 4.71. The average Bonchev–Trinajstić information content (AvgIpc) is 2.25. The third-order valence-electron chi connectivity index (χ3n) is 3.15. The Hall–Kier alpha value is -1.02. The SMILES string of the molecule is CC1CS(=O)(=O)CCN1C(=O)c1c(F)cc(Br)cc1F. The molecule has 0 aliphatic carbocycles. The number of benzene rings is 1. The largest absolute Gasteiger partial charge is 0.334 e. The molecule has 0 bridgehead atoms. The van der Waals surface area contributed by atoms with E-state index in [-0.39, 0.29) is 22.5 Å². The van der Waals surface area contributed by atoms with Gasteiger partial charge in [-0.25, -0.2) is 17.2 Å². The molecule has 1 atom stereocenters. The Morgan fingerprint density at radius 1 is 1.35 bits per heavy atom. The summed E-state index contributed by atoms with van der Waals surface area (Å²) < 4.78 is 50.6. The number of carbonyl (C=O) groups is 1. The van der Waals surface area contributed by atoms with Gasteiger partial charge in [0.15, 0.2) is 9.84 Å². The topological polar surface area (TPSA) is 54.5 Å². The molecule has 1 aliphatic heterocycles. The Labute approximate surface area is 123 Å². The van der Waals surface area contributed by atoms with E-state index in [9.17, 15) is 22.0 Å². The first-order valence-corrected chi connectivity index (χ1v) is 8.48. The molecule has 0 saturated carbocycles. The summed E-state index contributed by atoms with van der Waals surface area (Å²) in [7, 11) is -3.20. The normalized spacial score (nSPS) is 21.8. The molecule has 20 heavy (non-hydrogen) atoms. The number of nitrogens with zero attached hydrogens (tertiary/aromatic N) is 1. The number of hydrogen-bond acceptors (Lipinski definition) is 3. The van der Waals surface area contributed by atoms with E-state index in [0.29, 0.717) is 0 Å². The molecule has 1 saturated heterocycles. The maximum Gasteiger partial charge on any atom is 0.260 e. The van der Waals surface area contributed by atoms with Gasteiger partial charge >= 0.3 is 0 Å². The summed E-state index contributed by atoms with van der Waals surface area (Å²) in [4.78, 5) is 13.4. The Bertz CT molecular complexity index is 640. The van der Waals surface area contributed by atoms with Crippen LogP contribution in [0.2, 0.25) is 0 Å². The number of sulfone groups is 1. The van der Waals surface area contributed by atoms with Crippen molar-refractivity contribution in [3.63, 3.8) is 0 Å². The van der Waals surface area contributed by atoms with E-state index in [0.717, 1.165) is 12.1 Å². The van der Waals surface area contributed by atoms with E-state index in [1.807, 2.05) is 0 Å². The zero-order valence-electron chi connectivity index (χ0n) is 10.6. The smallest absolute Gasteiger partial charge is 0.260 e. The van der Waals surface area contributed by atoms with Crippen molar-refractivity contribution in [1.82, 2.24) is 4.90 Å². The first-order chi connectivity index (χ1) is 9.21. The third-order valence-corrected chi connectivity index (χ3v) is 5.40. The maximum absolute atomic E-state index is 13.8. The van der Waals surface area contributed by atoms with Crippen LogP contribution in [0.3, 0.4) is 0 Å². The van der Waals surface area contributed by atoms with E-state index in [4.69, 9.17) is 0 Å². The van der Waals surface area contributed by atoms with Crippen LogP contribution < -0.4 is 0 Å². The number of carbonyl (C=O) groups excluding carboxylic acids is 1. The molecule has 1 aliphatic rings. The lowest BCUT2D eigenvalue weighted by Crippen LogP contribution is -2.50. The van der Waals surface area contributed by atoms with Gasteiger partial charge in [0.1, 0.15) is 17.2 Å². The van der Waals surface area contributed by atoms with Crippen molar-refractivity contribution in [1.29, 1.82) is 0 Å². The van der Waals surface area contributed by atoms with Gasteiger partial charge in [-0.05, 0) is 19.1 Å². The minimum Gasteiger partial charge on any atom is -0.334 e. The molecule has 1 heterocycles. The summed E-state index contributed by atoms with van der Waals surface area (Å²) in [5, 5.41) is 0. The second kappa shape index (κ2) is 5.40. The molecule has 0 N–H and O–H groups in total. The van der Waals surface area contributed by atoms with Crippen molar-refractivity contribution in [2.75, 3.05) is 18.1 Å². The van der Waals surface area contributed by atoms with Crippen molar-refractivity contribution >= 4 is 31.7 Å². The summed E-state index contributed by atoms with van der Waals surface area (Å²) in [6.45, 7) is 1.49. The van der Waals surface area contributed by atoms with E-state index in [1.165, 1.54) is 4.90 Å². The van der Waals surface area contributed by atoms with Crippen LogP contribution in [0.15, 0.2) is 16.6 Å². The molecule has 1 amide bonds. The number of rotatable bonds is 1. The molecule has 110 valence electrons. The highest BCUT2D eigenvalue weighted by molar-refractivity contribution is 9.10. The quantitative estimate of drug-likeness (QED) is 0.762. The van der Waals surface area contributed by atoms with Crippen LogP contribution in [0, 0.1) is 11.6 Å². The molecule has 1 aromatic rings. The molecule has 2 rings (SSSR count). The van der Waals surface area contributed by atoms with E-state index >= 15 is 0 Å². The minimum absolute atomic E-state index is 0.0583. The van der Waals surface area contributed by atoms with Gasteiger partial charge in [-0.15, -0.1) is 0 Å². The van der Waals surface area contributed by atoms with Gasteiger partial charge in [0, 0.05) is 17.1 Å². The third kappa shape index (κ3) is 3.01. The van der Waals surface area contributed by atoms with Crippen LogP contribution in [0.5, 0.6) is 0 Å². The zero-order valence-corrected chi connectivity index (χ0v) is 13.0. The summed E-state index contributed by atoms with van der Waals surface area (Å²) in [6, 6.07) is 1.40. The highest BCUT2D eigenvalue weighted by atomic mass is 79.9. The predicted octanol–water partition coefficient (Wildman–Crippen LogP) is 1.99. The van der Waals surface area contributed by atoms with Crippen molar-refractivity contribution in [3.8, 4) is 0 Å². The molecular formula is C12H12BrF2NO3S. The molecule has 4 nitrogen and oxygen atoms in total. The molecular weight excluding hydrogens is 356 g/mol. The molecule has 8 heteroatoms. The summed E-state index contributed by atoms with van der Waals surface area (Å²) >= 11 is 2.93. The molecule has 1 fully saturated rings. The fraction of sp³-hybridized carbons (Fsp3) is 0.417. The fourth-order valence-corrected chi connectivity index (χ4v) is 4.15. The van der Waals surface area contributed by atoms with Gasteiger partial charge in [-0.1, -0.05) is 15.9 Å². The fourth-order valence-electron chi connectivity index (χ4n) is 2.19. The van der Waals surface area contributed by atoms with E-state index in [1.54, 1.807) is 6.92 Å². The summed E-state index contributed by atoms with van der Waals surface area (Å²) in [5.74, 6) is -3.15. The lowest BCUT2D eigenvalue weighted by atomic mass is 10.1. The minimum atomic E-state index is -3.20. The highest BCUT2D eigenvalue weighted by Gasteiger charge is 2.34. The van der Waals surface area contributed by atoms with Crippen molar-refractivity contribution in [3.05, 3.63) is 33.8 Å². The average molecular weight is 368 g/mol. The van der Waals surface area contributed by atoms with Crippen LogP contribution >= 0.6 is 15.9 Å². The maximum atomic E-state index is 13.8. The Balaban J connectivity index is 2.33. The monoisotopic (exact) mass is 367 g/mol. The summed E-state index contributed by atoms with van der Waals surface area (Å²) in [6.07, 6.45) is 0. The molecule has 1 unspecified atom stereocenters. The first-order valence-electron chi connectivity index (χ1n) is 5.87. The van der Waals surface area contributed by atoms with E-state index in [2.05, 4.69) is 15.9 Å². The second-order valence-corrected chi connectivity index (χ2v) is 7.85. The van der Waals surface area contributed by atoms with E-state index < -0.39 is 39.0 Å². The van der Waals surface area contributed by atoms with Crippen LogP contribution in [0.4, 0.5) is 8.78 Å². The van der Waals surface area contributed by atoms with Gasteiger partial charge < -0.3 is 4.90 Å². The highest BCUT2D eigenvalue weighted by Crippen LogP contribution is 2.23. The zero-order chi connectivity index (χ0) is 15.1. The van der Waals surface area contributed by atoms with Gasteiger partial charge in [0.2, 0.25) is 0 Å². The van der Waals surface area contributed by atoms with Crippen LogP contribution in [-0.2, 0) is 9.84 Å². The molecule has 1 aromatic carbocycles. The lowest BCUT2D eigenvalue weighted by Gasteiger charge is -2.33. The molecule has 0 aromatic heterocycles. The van der Waals surface area contributed by atoms with Crippen molar-refractivity contribution in [2.45, 2.75) is 13.0 Å². The van der Waals surface area contributed by atoms with Crippen molar-refractivity contribution < 1.29 is 22.0 Å². The van der Waals surface area contributed by atoms with Crippen molar-refractivity contribution in [2.24, 2.45) is 0 Å². The number of amides is 1. The summed E-state index contributed by atoms with van der Waals surface area (Å²) in [5.41, 5.74) is -0.653. The van der Waals surface area contributed by atoms with Gasteiger partial charge in [0.25, 0.3) is 5.91 Å². The molecule has 0 radical (unpaired) electrons. The van der Waals surface area contributed by atoms with Crippen LogP contribution in [-0.4, -0.2) is 43.3 Å². The molecule has 0 spiro atoms. The standard InChI is InChI=1S/C12H12BrF2NO3S/c1-7-6-20(18,19)3-2-16(7)12(17)11-9(14)4-8(13)5-10(11)15/h4-5,7H,2-3,6H2,1H3. The van der Waals surface area contributed by atoms with Crippen LogP contribution in [0.25, 0.3) is 0 Å². The van der Waals surface area contributed by atoms with Gasteiger partial charge in [-0.3, -0.25) is 4.79 Å². The Morgan fingerprint density at radius 2 is 1.90 bits per heavy atom.